The number of piperidine rings is 1. The average molecular weight is 344 g/mol. The summed E-state index contributed by atoms with van der Waals surface area (Å²) in [4.78, 5) is 28.6. The van der Waals surface area contributed by atoms with Crippen LogP contribution < -0.4 is 11.1 Å². The van der Waals surface area contributed by atoms with Crippen molar-refractivity contribution in [1.29, 1.82) is 0 Å². The van der Waals surface area contributed by atoms with Gasteiger partial charge in [-0.3, -0.25) is 19.5 Å². The number of amides is 2. The first-order chi connectivity index (χ1) is 11.3. The number of alkyl halides is 3. The molecule has 2 amide bonds. The van der Waals surface area contributed by atoms with Crippen LogP contribution in [0.25, 0.3) is 0 Å². The Labute approximate surface area is 137 Å². The summed E-state index contributed by atoms with van der Waals surface area (Å²) in [5, 5.41) is 2.06. The predicted octanol–water partition coefficient (Wildman–Crippen LogP) is 0.998. The van der Waals surface area contributed by atoms with Gasteiger partial charge in [-0.2, -0.15) is 13.2 Å². The van der Waals surface area contributed by atoms with Crippen LogP contribution in [0.4, 0.5) is 13.2 Å². The molecule has 0 bridgehead atoms. The molecule has 0 unspecified atom stereocenters. The first-order valence-electron chi connectivity index (χ1n) is 7.56. The molecule has 0 radical (unpaired) electrons. The van der Waals surface area contributed by atoms with E-state index in [0.29, 0.717) is 25.9 Å². The molecule has 1 aromatic heterocycles. The molecule has 132 valence electrons. The minimum absolute atomic E-state index is 0.0907. The maximum atomic E-state index is 13.2. The van der Waals surface area contributed by atoms with E-state index in [-0.39, 0.29) is 12.2 Å². The fourth-order valence-corrected chi connectivity index (χ4v) is 2.70. The lowest BCUT2D eigenvalue weighted by Gasteiger charge is -2.31. The topological polar surface area (TPSA) is 88.3 Å². The van der Waals surface area contributed by atoms with E-state index in [0.717, 1.165) is 0 Å². The monoisotopic (exact) mass is 344 g/mol. The second kappa shape index (κ2) is 7.61. The Morgan fingerprint density at radius 3 is 2.50 bits per heavy atom. The lowest BCUT2D eigenvalue weighted by Crippen LogP contribution is -2.46. The van der Waals surface area contributed by atoms with Crippen molar-refractivity contribution in [3.63, 3.8) is 0 Å². The molecule has 24 heavy (non-hydrogen) atoms. The van der Waals surface area contributed by atoms with E-state index < -0.39 is 30.0 Å². The largest absolute Gasteiger partial charge is 0.414 e. The molecule has 0 saturated carbocycles. The number of halogens is 3. The molecule has 0 aliphatic carbocycles. The van der Waals surface area contributed by atoms with Crippen molar-refractivity contribution in [3.05, 3.63) is 30.1 Å². The summed E-state index contributed by atoms with van der Waals surface area (Å²) >= 11 is 0. The fourth-order valence-electron chi connectivity index (χ4n) is 2.70. The van der Waals surface area contributed by atoms with Gasteiger partial charge in [0.05, 0.1) is 12.2 Å². The molecule has 1 fully saturated rings. The summed E-state index contributed by atoms with van der Waals surface area (Å²) in [6, 6.07) is 2.05. The van der Waals surface area contributed by atoms with Gasteiger partial charge in [-0.25, -0.2) is 0 Å². The van der Waals surface area contributed by atoms with E-state index in [2.05, 4.69) is 10.3 Å². The third-order valence-electron chi connectivity index (χ3n) is 3.94. The molecule has 1 atom stereocenters. The quantitative estimate of drug-likeness (QED) is 0.834. The Kier molecular flexibility index (Phi) is 5.76. The number of carbonyl (C=O) groups is 2. The summed E-state index contributed by atoms with van der Waals surface area (Å²) in [5.41, 5.74) is 4.86. The number of carbonyl (C=O) groups excluding carboxylic acids is 2. The first-order valence-corrected chi connectivity index (χ1v) is 7.56. The second-order valence-corrected chi connectivity index (χ2v) is 5.75. The number of pyridine rings is 1. The van der Waals surface area contributed by atoms with Gasteiger partial charge in [-0.15, -0.1) is 0 Å². The number of rotatable bonds is 5. The van der Waals surface area contributed by atoms with Crippen molar-refractivity contribution in [1.82, 2.24) is 15.2 Å². The Balaban J connectivity index is 1.98. The number of nitrogens with one attached hydrogen (secondary N) is 1. The highest BCUT2D eigenvalue weighted by Gasteiger charge is 2.43. The molecule has 2 rings (SSSR count). The minimum atomic E-state index is -4.63. The van der Waals surface area contributed by atoms with Crippen molar-refractivity contribution in [3.8, 4) is 0 Å². The van der Waals surface area contributed by atoms with Gasteiger partial charge < -0.3 is 11.1 Å². The molecule has 1 aliphatic heterocycles. The van der Waals surface area contributed by atoms with Crippen LogP contribution in [0.2, 0.25) is 0 Å². The van der Waals surface area contributed by atoms with Gasteiger partial charge in [-0.05, 0) is 38.1 Å². The van der Waals surface area contributed by atoms with Crippen molar-refractivity contribution < 1.29 is 22.8 Å². The zero-order chi connectivity index (χ0) is 17.7. The lowest BCUT2D eigenvalue weighted by molar-refractivity contribution is -0.165. The third kappa shape index (κ3) is 4.92. The third-order valence-corrected chi connectivity index (χ3v) is 3.94. The van der Waals surface area contributed by atoms with Crippen LogP contribution in [0.15, 0.2) is 24.4 Å². The number of primary amides is 1. The first kappa shape index (κ1) is 18.2. The molecule has 9 heteroatoms. The van der Waals surface area contributed by atoms with Gasteiger partial charge in [0.25, 0.3) is 0 Å². The maximum Gasteiger partial charge on any atom is 0.414 e. The number of nitrogens with two attached hydrogens (primary N) is 1. The van der Waals surface area contributed by atoms with Crippen molar-refractivity contribution in [2.24, 2.45) is 11.7 Å². The Bertz CT molecular complexity index is 572. The SMILES string of the molecule is NC(=O)CN1CCC(C(=O)N[C@@H](c2ccccn2)C(F)(F)F)CC1. The van der Waals surface area contributed by atoms with Crippen LogP contribution in [-0.2, 0) is 9.59 Å². The molecule has 0 aromatic carbocycles. The summed E-state index contributed by atoms with van der Waals surface area (Å²) < 4.78 is 39.7. The van der Waals surface area contributed by atoms with Crippen LogP contribution in [0.1, 0.15) is 24.6 Å². The van der Waals surface area contributed by atoms with E-state index in [1.807, 2.05) is 0 Å². The molecule has 1 aromatic rings. The predicted molar refractivity (Wildman–Crippen MR) is 79.5 cm³/mol. The highest BCUT2D eigenvalue weighted by atomic mass is 19.4. The molecule has 1 saturated heterocycles. The summed E-state index contributed by atoms with van der Waals surface area (Å²) in [6.07, 6.45) is -2.61. The number of hydrogen-bond donors (Lipinski definition) is 2. The van der Waals surface area contributed by atoms with Crippen molar-refractivity contribution in [2.45, 2.75) is 25.1 Å². The maximum absolute atomic E-state index is 13.2. The molecular formula is C15H19F3N4O2. The van der Waals surface area contributed by atoms with E-state index in [1.165, 1.54) is 24.4 Å². The van der Waals surface area contributed by atoms with Gasteiger partial charge in [0.1, 0.15) is 0 Å². The zero-order valence-corrected chi connectivity index (χ0v) is 12.9. The van der Waals surface area contributed by atoms with Gasteiger partial charge in [0, 0.05) is 12.1 Å². The number of nitrogens with zero attached hydrogens (tertiary/aromatic N) is 2. The van der Waals surface area contributed by atoms with E-state index >= 15 is 0 Å². The Morgan fingerprint density at radius 1 is 1.33 bits per heavy atom. The lowest BCUT2D eigenvalue weighted by atomic mass is 9.95. The fraction of sp³-hybridized carbons (Fsp3) is 0.533. The second-order valence-electron chi connectivity index (χ2n) is 5.75. The van der Waals surface area contributed by atoms with Gasteiger partial charge in [0.2, 0.25) is 11.8 Å². The minimum Gasteiger partial charge on any atom is -0.369 e. The highest BCUT2D eigenvalue weighted by Crippen LogP contribution is 2.32. The number of aromatic nitrogens is 1. The molecule has 3 N–H and O–H groups in total. The van der Waals surface area contributed by atoms with Crippen molar-refractivity contribution in [2.75, 3.05) is 19.6 Å². The highest BCUT2D eigenvalue weighted by molar-refractivity contribution is 5.79. The van der Waals surface area contributed by atoms with Crippen LogP contribution in [-0.4, -0.2) is 47.5 Å². The summed E-state index contributed by atoms with van der Waals surface area (Å²) in [5.74, 6) is -1.64. The van der Waals surface area contributed by atoms with Crippen LogP contribution in [0.5, 0.6) is 0 Å². The van der Waals surface area contributed by atoms with Gasteiger partial charge in [-0.1, -0.05) is 6.07 Å². The zero-order valence-electron chi connectivity index (χ0n) is 12.9. The number of hydrogen-bond acceptors (Lipinski definition) is 4. The Hall–Kier alpha value is -2.16. The van der Waals surface area contributed by atoms with Gasteiger partial charge >= 0.3 is 6.18 Å². The number of likely N-dealkylation sites (tertiary alicyclic amines) is 1. The van der Waals surface area contributed by atoms with E-state index in [9.17, 15) is 22.8 Å². The smallest absolute Gasteiger partial charge is 0.369 e. The molecular weight excluding hydrogens is 325 g/mol. The Morgan fingerprint density at radius 2 is 2.00 bits per heavy atom. The molecule has 6 nitrogen and oxygen atoms in total. The molecule has 0 spiro atoms. The normalized spacial score (nSPS) is 18.1. The van der Waals surface area contributed by atoms with Crippen LogP contribution in [0.3, 0.4) is 0 Å². The van der Waals surface area contributed by atoms with Gasteiger partial charge in [0.15, 0.2) is 6.04 Å². The van der Waals surface area contributed by atoms with Crippen LogP contribution in [0, 0.1) is 5.92 Å². The van der Waals surface area contributed by atoms with E-state index in [1.54, 1.807) is 4.90 Å². The van der Waals surface area contributed by atoms with Crippen molar-refractivity contribution >= 4 is 11.8 Å². The van der Waals surface area contributed by atoms with E-state index in [4.69, 9.17) is 5.73 Å². The standard InChI is InChI=1S/C15H19F3N4O2/c16-15(17,18)13(11-3-1-2-6-20-11)21-14(24)10-4-7-22(8-5-10)9-12(19)23/h1-3,6,10,13H,4-5,7-9H2,(H2,19,23)(H,21,24)/t13-/m0/s1. The summed E-state index contributed by atoms with van der Waals surface area (Å²) in [6.45, 7) is 0.982. The average Bonchev–Trinajstić information content (AvgIpc) is 2.52. The molecule has 1 aliphatic rings. The molecule has 2 heterocycles. The summed E-state index contributed by atoms with van der Waals surface area (Å²) in [7, 11) is 0. The van der Waals surface area contributed by atoms with Crippen LogP contribution >= 0.6 is 0 Å².